The van der Waals surface area contributed by atoms with Gasteiger partial charge in [-0.05, 0) is 29.6 Å². The zero-order valence-electron chi connectivity index (χ0n) is 8.45. The minimum absolute atomic E-state index is 0.0291. The molecule has 0 atom stereocenters. The Morgan fingerprint density at radius 2 is 1.88 bits per heavy atom. The van der Waals surface area contributed by atoms with Crippen molar-refractivity contribution < 1.29 is 28.0 Å². The lowest BCUT2D eigenvalue weighted by molar-refractivity contribution is -0.274. The Kier molecular flexibility index (Phi) is 3.82. The van der Waals surface area contributed by atoms with Gasteiger partial charge in [0.15, 0.2) is 0 Å². The Bertz CT molecular complexity index is 366. The van der Waals surface area contributed by atoms with Gasteiger partial charge in [-0.1, -0.05) is 13.0 Å². The third kappa shape index (κ3) is 3.75. The van der Waals surface area contributed by atoms with Crippen LogP contribution in [0.4, 0.5) is 13.2 Å². The first-order valence-corrected chi connectivity index (χ1v) is 4.57. The summed E-state index contributed by atoms with van der Waals surface area (Å²) in [5, 5.41) is 17.8. The minimum Gasteiger partial charge on any atom is -0.423 e. The van der Waals surface area contributed by atoms with Crippen LogP contribution in [0.1, 0.15) is 12.5 Å². The first-order valence-electron chi connectivity index (χ1n) is 4.57. The molecule has 0 fully saturated rings. The predicted octanol–water partition coefficient (Wildman–Crippen LogP) is 0.827. The van der Waals surface area contributed by atoms with Crippen molar-refractivity contribution in [2.24, 2.45) is 0 Å². The third-order valence-electron chi connectivity index (χ3n) is 1.93. The SMILES string of the molecule is CCc1cc(OC(F)(F)F)cc(B(O)O)c1. The van der Waals surface area contributed by atoms with Crippen LogP contribution in [-0.2, 0) is 6.42 Å². The molecule has 0 aliphatic carbocycles. The van der Waals surface area contributed by atoms with E-state index in [0.29, 0.717) is 12.0 Å². The van der Waals surface area contributed by atoms with Crippen LogP contribution in [0, 0.1) is 0 Å². The predicted molar refractivity (Wildman–Crippen MR) is 52.3 cm³/mol. The average molecular weight is 234 g/mol. The first-order chi connectivity index (χ1) is 7.31. The van der Waals surface area contributed by atoms with Crippen molar-refractivity contribution in [3.05, 3.63) is 23.8 Å². The van der Waals surface area contributed by atoms with Crippen LogP contribution in [-0.4, -0.2) is 23.5 Å². The van der Waals surface area contributed by atoms with Crippen LogP contribution in [0.2, 0.25) is 0 Å². The van der Waals surface area contributed by atoms with Crippen molar-refractivity contribution in [1.29, 1.82) is 0 Å². The second kappa shape index (κ2) is 4.75. The van der Waals surface area contributed by atoms with Gasteiger partial charge in [0.25, 0.3) is 0 Å². The van der Waals surface area contributed by atoms with Gasteiger partial charge in [0, 0.05) is 0 Å². The van der Waals surface area contributed by atoms with Gasteiger partial charge in [-0.25, -0.2) is 0 Å². The average Bonchev–Trinajstić information content (AvgIpc) is 2.14. The highest BCUT2D eigenvalue weighted by Crippen LogP contribution is 2.22. The molecule has 0 saturated heterocycles. The van der Waals surface area contributed by atoms with E-state index in [1.807, 2.05) is 0 Å². The van der Waals surface area contributed by atoms with Gasteiger partial charge in [-0.3, -0.25) is 0 Å². The van der Waals surface area contributed by atoms with Crippen molar-refractivity contribution in [2.75, 3.05) is 0 Å². The Labute approximate surface area is 90.6 Å². The van der Waals surface area contributed by atoms with Crippen LogP contribution in [0.25, 0.3) is 0 Å². The summed E-state index contributed by atoms with van der Waals surface area (Å²) >= 11 is 0. The molecule has 0 spiro atoms. The lowest BCUT2D eigenvalue weighted by Gasteiger charge is -2.11. The molecular weight excluding hydrogens is 224 g/mol. The molecule has 0 aromatic heterocycles. The summed E-state index contributed by atoms with van der Waals surface area (Å²) < 4.78 is 39.6. The number of hydrogen-bond acceptors (Lipinski definition) is 3. The van der Waals surface area contributed by atoms with Gasteiger partial charge in [-0.2, -0.15) is 0 Å². The highest BCUT2D eigenvalue weighted by Gasteiger charge is 2.31. The maximum absolute atomic E-state index is 12.0. The van der Waals surface area contributed by atoms with Crippen LogP contribution >= 0.6 is 0 Å². The molecule has 1 aromatic rings. The molecule has 0 saturated carbocycles. The molecule has 3 nitrogen and oxygen atoms in total. The Morgan fingerprint density at radius 3 is 2.31 bits per heavy atom. The molecule has 0 amide bonds. The highest BCUT2D eigenvalue weighted by molar-refractivity contribution is 6.58. The normalized spacial score (nSPS) is 11.4. The van der Waals surface area contributed by atoms with E-state index in [-0.39, 0.29) is 5.46 Å². The van der Waals surface area contributed by atoms with Crippen molar-refractivity contribution in [3.63, 3.8) is 0 Å². The lowest BCUT2D eigenvalue weighted by atomic mass is 9.79. The van der Waals surface area contributed by atoms with Crippen molar-refractivity contribution in [1.82, 2.24) is 0 Å². The van der Waals surface area contributed by atoms with Crippen LogP contribution in [0.15, 0.2) is 18.2 Å². The zero-order valence-corrected chi connectivity index (χ0v) is 8.45. The molecule has 7 heteroatoms. The van der Waals surface area contributed by atoms with E-state index in [4.69, 9.17) is 10.0 Å². The molecule has 16 heavy (non-hydrogen) atoms. The second-order valence-corrected chi connectivity index (χ2v) is 3.19. The molecule has 88 valence electrons. The second-order valence-electron chi connectivity index (χ2n) is 3.19. The molecular formula is C9H10BF3O3. The van der Waals surface area contributed by atoms with E-state index in [1.165, 1.54) is 12.1 Å². The minimum atomic E-state index is -4.79. The fraction of sp³-hybridized carbons (Fsp3) is 0.333. The zero-order chi connectivity index (χ0) is 12.3. The number of ether oxygens (including phenoxy) is 1. The van der Waals surface area contributed by atoms with Crippen LogP contribution in [0.5, 0.6) is 5.75 Å². The van der Waals surface area contributed by atoms with Gasteiger partial charge < -0.3 is 14.8 Å². The molecule has 0 unspecified atom stereocenters. The summed E-state index contributed by atoms with van der Waals surface area (Å²) in [6, 6.07) is 3.56. The monoisotopic (exact) mass is 234 g/mol. The molecule has 2 N–H and O–H groups in total. The number of aryl methyl sites for hydroxylation is 1. The van der Waals surface area contributed by atoms with Crippen molar-refractivity contribution in [2.45, 2.75) is 19.7 Å². The van der Waals surface area contributed by atoms with Gasteiger partial charge in [0.1, 0.15) is 5.75 Å². The molecule has 0 bridgehead atoms. The summed E-state index contributed by atoms with van der Waals surface area (Å²) in [6.07, 6.45) is -4.32. The summed E-state index contributed by atoms with van der Waals surface area (Å²) in [5.41, 5.74) is 0.503. The number of halogens is 3. The number of benzene rings is 1. The van der Waals surface area contributed by atoms with E-state index in [2.05, 4.69) is 4.74 Å². The molecule has 0 radical (unpaired) electrons. The summed E-state index contributed by atoms with van der Waals surface area (Å²) in [7, 11) is -1.82. The highest BCUT2D eigenvalue weighted by atomic mass is 19.4. The van der Waals surface area contributed by atoms with Crippen LogP contribution < -0.4 is 10.2 Å². The molecule has 1 aromatic carbocycles. The quantitative estimate of drug-likeness (QED) is 0.761. The third-order valence-corrected chi connectivity index (χ3v) is 1.93. The van der Waals surface area contributed by atoms with E-state index in [9.17, 15) is 13.2 Å². The fourth-order valence-electron chi connectivity index (χ4n) is 1.23. The van der Waals surface area contributed by atoms with E-state index < -0.39 is 19.2 Å². The first kappa shape index (κ1) is 12.9. The standard InChI is InChI=1S/C9H10BF3O3/c1-2-6-3-7(10(14)15)5-8(4-6)16-9(11,12)13/h3-5,14-15H,2H2,1H3. The van der Waals surface area contributed by atoms with Gasteiger partial charge in [0.2, 0.25) is 0 Å². The Balaban J connectivity index is 3.04. The maximum Gasteiger partial charge on any atom is 0.573 e. The number of hydrogen-bond donors (Lipinski definition) is 2. The van der Waals surface area contributed by atoms with Gasteiger partial charge in [0.05, 0.1) is 0 Å². The van der Waals surface area contributed by atoms with Gasteiger partial charge >= 0.3 is 13.5 Å². The van der Waals surface area contributed by atoms with E-state index in [1.54, 1.807) is 6.92 Å². The van der Waals surface area contributed by atoms with E-state index >= 15 is 0 Å². The van der Waals surface area contributed by atoms with Gasteiger partial charge in [-0.15, -0.1) is 13.2 Å². The van der Waals surface area contributed by atoms with Crippen LogP contribution in [0.3, 0.4) is 0 Å². The summed E-state index contributed by atoms with van der Waals surface area (Å²) in [4.78, 5) is 0. The van der Waals surface area contributed by atoms with Crippen molar-refractivity contribution in [3.8, 4) is 5.75 Å². The smallest absolute Gasteiger partial charge is 0.423 e. The van der Waals surface area contributed by atoms with E-state index in [0.717, 1.165) is 6.07 Å². The molecule has 0 heterocycles. The molecule has 0 aliphatic heterocycles. The summed E-state index contributed by atoms with van der Waals surface area (Å²) in [6.45, 7) is 1.74. The molecule has 1 rings (SSSR count). The van der Waals surface area contributed by atoms with Crippen molar-refractivity contribution >= 4 is 12.6 Å². The summed E-state index contributed by atoms with van der Waals surface area (Å²) in [5.74, 6) is -0.449. The number of rotatable bonds is 3. The molecule has 0 aliphatic rings. The number of alkyl halides is 3. The Hall–Kier alpha value is -1.21. The lowest BCUT2D eigenvalue weighted by Crippen LogP contribution is -2.30. The maximum atomic E-state index is 12.0. The fourth-order valence-corrected chi connectivity index (χ4v) is 1.23. The largest absolute Gasteiger partial charge is 0.573 e. The topological polar surface area (TPSA) is 49.7 Å². The Morgan fingerprint density at radius 1 is 1.25 bits per heavy atom.